The van der Waals surface area contributed by atoms with Gasteiger partial charge in [-0.05, 0) is 30.7 Å². The van der Waals surface area contributed by atoms with Gasteiger partial charge < -0.3 is 10.2 Å². The van der Waals surface area contributed by atoms with Crippen LogP contribution in [0.3, 0.4) is 0 Å². The number of hydrogen-bond acceptors (Lipinski definition) is 3. The fourth-order valence-corrected chi connectivity index (χ4v) is 2.78. The SMILES string of the molecule is CCCCCC(=O)N1CCN(CC(=O)Nc2ccc(F)cc2)CC1. The first-order chi connectivity index (χ1) is 11.6. The van der Waals surface area contributed by atoms with Crippen LogP contribution in [0, 0.1) is 5.82 Å². The molecule has 1 heterocycles. The molecule has 6 heteroatoms. The average Bonchev–Trinajstić information content (AvgIpc) is 2.58. The molecule has 0 atom stereocenters. The van der Waals surface area contributed by atoms with Gasteiger partial charge in [0.2, 0.25) is 11.8 Å². The summed E-state index contributed by atoms with van der Waals surface area (Å²) in [6.07, 6.45) is 3.79. The number of amides is 2. The molecule has 5 nitrogen and oxygen atoms in total. The Morgan fingerprint density at radius 1 is 1.08 bits per heavy atom. The fourth-order valence-electron chi connectivity index (χ4n) is 2.78. The van der Waals surface area contributed by atoms with Crippen molar-refractivity contribution >= 4 is 17.5 Å². The molecule has 0 spiro atoms. The number of benzene rings is 1. The van der Waals surface area contributed by atoms with Crippen LogP contribution in [0.4, 0.5) is 10.1 Å². The summed E-state index contributed by atoms with van der Waals surface area (Å²) in [5.74, 6) is -0.226. The second-order valence-electron chi connectivity index (χ2n) is 6.17. The van der Waals surface area contributed by atoms with E-state index in [4.69, 9.17) is 0 Å². The monoisotopic (exact) mass is 335 g/mol. The second-order valence-corrected chi connectivity index (χ2v) is 6.17. The highest BCUT2D eigenvalue weighted by Gasteiger charge is 2.21. The maximum absolute atomic E-state index is 12.8. The summed E-state index contributed by atoms with van der Waals surface area (Å²) >= 11 is 0. The molecule has 1 aliphatic rings. The summed E-state index contributed by atoms with van der Waals surface area (Å²) in [6, 6.07) is 5.72. The van der Waals surface area contributed by atoms with E-state index in [2.05, 4.69) is 12.2 Å². The number of nitrogens with one attached hydrogen (secondary N) is 1. The number of unbranched alkanes of at least 4 members (excludes halogenated alkanes) is 2. The zero-order valence-corrected chi connectivity index (χ0v) is 14.3. The first-order valence-electron chi connectivity index (χ1n) is 8.64. The van der Waals surface area contributed by atoms with E-state index in [1.54, 1.807) is 12.1 Å². The lowest BCUT2D eigenvalue weighted by Gasteiger charge is -2.34. The Kier molecular flexibility index (Phi) is 7.18. The summed E-state index contributed by atoms with van der Waals surface area (Å²) < 4.78 is 12.8. The van der Waals surface area contributed by atoms with Crippen LogP contribution < -0.4 is 5.32 Å². The van der Waals surface area contributed by atoms with E-state index >= 15 is 0 Å². The number of nitrogens with zero attached hydrogens (tertiary/aromatic N) is 2. The highest BCUT2D eigenvalue weighted by atomic mass is 19.1. The molecule has 1 aliphatic heterocycles. The molecular formula is C18H26FN3O2. The van der Waals surface area contributed by atoms with Crippen molar-refractivity contribution in [3.05, 3.63) is 30.1 Å². The van der Waals surface area contributed by atoms with Gasteiger partial charge >= 0.3 is 0 Å². The Hall–Kier alpha value is -1.95. The maximum atomic E-state index is 12.8. The van der Waals surface area contributed by atoms with Gasteiger partial charge in [-0.1, -0.05) is 19.8 Å². The van der Waals surface area contributed by atoms with Crippen LogP contribution in [-0.4, -0.2) is 54.3 Å². The molecule has 0 aliphatic carbocycles. The standard InChI is InChI=1S/C18H26FN3O2/c1-2-3-4-5-18(24)22-12-10-21(11-13-22)14-17(23)20-16-8-6-15(19)7-9-16/h6-9H,2-5,10-14H2,1H3,(H,20,23). The summed E-state index contributed by atoms with van der Waals surface area (Å²) in [6.45, 7) is 5.17. The minimum atomic E-state index is -0.326. The largest absolute Gasteiger partial charge is 0.340 e. The number of halogens is 1. The molecule has 132 valence electrons. The molecule has 24 heavy (non-hydrogen) atoms. The third-order valence-corrected chi connectivity index (χ3v) is 4.21. The smallest absolute Gasteiger partial charge is 0.238 e. The van der Waals surface area contributed by atoms with Crippen molar-refractivity contribution in [2.75, 3.05) is 38.0 Å². The van der Waals surface area contributed by atoms with Gasteiger partial charge in [0, 0.05) is 38.3 Å². The summed E-state index contributed by atoms with van der Waals surface area (Å²) in [5, 5.41) is 2.76. The van der Waals surface area contributed by atoms with Crippen LogP contribution in [-0.2, 0) is 9.59 Å². The summed E-state index contributed by atoms with van der Waals surface area (Å²) in [5.41, 5.74) is 0.589. The van der Waals surface area contributed by atoms with Gasteiger partial charge in [0.25, 0.3) is 0 Å². The Morgan fingerprint density at radius 3 is 2.38 bits per heavy atom. The van der Waals surface area contributed by atoms with Gasteiger partial charge in [-0.15, -0.1) is 0 Å². The number of hydrogen-bond donors (Lipinski definition) is 1. The zero-order valence-electron chi connectivity index (χ0n) is 14.3. The molecule has 1 fully saturated rings. The van der Waals surface area contributed by atoms with E-state index in [0.717, 1.165) is 19.3 Å². The van der Waals surface area contributed by atoms with Crippen molar-refractivity contribution < 1.29 is 14.0 Å². The van der Waals surface area contributed by atoms with E-state index in [1.807, 2.05) is 9.80 Å². The van der Waals surface area contributed by atoms with Crippen molar-refractivity contribution in [1.82, 2.24) is 9.80 Å². The summed E-state index contributed by atoms with van der Waals surface area (Å²) in [4.78, 5) is 28.0. The van der Waals surface area contributed by atoms with Gasteiger partial charge in [0.1, 0.15) is 5.82 Å². The van der Waals surface area contributed by atoms with Crippen LogP contribution >= 0.6 is 0 Å². The molecule has 1 aromatic carbocycles. The third kappa shape index (κ3) is 5.92. The first kappa shape index (κ1) is 18.4. The van der Waals surface area contributed by atoms with Crippen molar-refractivity contribution in [2.45, 2.75) is 32.6 Å². The molecule has 0 aromatic heterocycles. The minimum absolute atomic E-state index is 0.121. The molecule has 1 saturated heterocycles. The molecule has 0 unspecified atom stereocenters. The van der Waals surface area contributed by atoms with E-state index in [9.17, 15) is 14.0 Å². The molecule has 0 radical (unpaired) electrons. The van der Waals surface area contributed by atoms with Crippen LogP contribution in [0.25, 0.3) is 0 Å². The van der Waals surface area contributed by atoms with Crippen molar-refractivity contribution in [2.24, 2.45) is 0 Å². The van der Waals surface area contributed by atoms with Gasteiger partial charge in [-0.25, -0.2) is 4.39 Å². The minimum Gasteiger partial charge on any atom is -0.340 e. The first-order valence-corrected chi connectivity index (χ1v) is 8.64. The highest BCUT2D eigenvalue weighted by molar-refractivity contribution is 5.92. The Balaban J connectivity index is 1.69. The number of anilines is 1. The fraction of sp³-hybridized carbons (Fsp3) is 0.556. The molecule has 0 bridgehead atoms. The molecule has 2 amide bonds. The van der Waals surface area contributed by atoms with E-state index < -0.39 is 0 Å². The number of rotatable bonds is 7. The normalized spacial score (nSPS) is 15.3. The Morgan fingerprint density at radius 2 is 1.75 bits per heavy atom. The molecular weight excluding hydrogens is 309 g/mol. The van der Waals surface area contributed by atoms with Gasteiger partial charge in [-0.3, -0.25) is 14.5 Å². The topological polar surface area (TPSA) is 52.7 Å². The lowest BCUT2D eigenvalue weighted by Crippen LogP contribution is -2.50. The predicted molar refractivity (Wildman–Crippen MR) is 92.2 cm³/mol. The number of carbonyl (C=O) groups excluding carboxylic acids is 2. The van der Waals surface area contributed by atoms with E-state index in [0.29, 0.717) is 38.3 Å². The second kappa shape index (κ2) is 9.37. The third-order valence-electron chi connectivity index (χ3n) is 4.21. The zero-order chi connectivity index (χ0) is 17.4. The van der Waals surface area contributed by atoms with Gasteiger partial charge in [0.05, 0.1) is 6.54 Å². The lowest BCUT2D eigenvalue weighted by atomic mass is 10.2. The lowest BCUT2D eigenvalue weighted by molar-refractivity contribution is -0.133. The number of piperazine rings is 1. The summed E-state index contributed by atoms with van der Waals surface area (Å²) in [7, 11) is 0. The average molecular weight is 335 g/mol. The van der Waals surface area contributed by atoms with Crippen molar-refractivity contribution in [3.8, 4) is 0 Å². The molecule has 0 saturated carbocycles. The molecule has 1 aromatic rings. The van der Waals surface area contributed by atoms with Crippen LogP contribution in [0.1, 0.15) is 32.6 Å². The predicted octanol–water partition coefficient (Wildman–Crippen LogP) is 2.49. The molecule has 2 rings (SSSR count). The maximum Gasteiger partial charge on any atom is 0.238 e. The molecule has 1 N–H and O–H groups in total. The quantitative estimate of drug-likeness (QED) is 0.779. The van der Waals surface area contributed by atoms with E-state index in [-0.39, 0.29) is 24.2 Å². The Labute approximate surface area is 142 Å². The van der Waals surface area contributed by atoms with Crippen LogP contribution in [0.5, 0.6) is 0 Å². The van der Waals surface area contributed by atoms with Crippen LogP contribution in [0.15, 0.2) is 24.3 Å². The van der Waals surface area contributed by atoms with Gasteiger partial charge in [0.15, 0.2) is 0 Å². The van der Waals surface area contributed by atoms with E-state index in [1.165, 1.54) is 12.1 Å². The highest BCUT2D eigenvalue weighted by Crippen LogP contribution is 2.10. The number of carbonyl (C=O) groups is 2. The van der Waals surface area contributed by atoms with Gasteiger partial charge in [-0.2, -0.15) is 0 Å². The van der Waals surface area contributed by atoms with Crippen molar-refractivity contribution in [1.29, 1.82) is 0 Å². The van der Waals surface area contributed by atoms with Crippen molar-refractivity contribution in [3.63, 3.8) is 0 Å². The van der Waals surface area contributed by atoms with Crippen LogP contribution in [0.2, 0.25) is 0 Å². The Bertz CT molecular complexity index is 540.